The minimum atomic E-state index is -0.449. The minimum Gasteiger partial charge on any atom is -0.448 e. The van der Waals surface area contributed by atoms with Gasteiger partial charge < -0.3 is 9.47 Å². The van der Waals surface area contributed by atoms with Crippen LogP contribution in [0, 0.1) is 0 Å². The van der Waals surface area contributed by atoms with Crippen LogP contribution < -0.4 is 5.32 Å². The van der Waals surface area contributed by atoms with Crippen molar-refractivity contribution in [3.8, 4) is 11.1 Å². The van der Waals surface area contributed by atoms with Crippen LogP contribution in [0.4, 0.5) is 10.5 Å². The number of allylic oxidation sites excluding steroid dienone is 1. The Labute approximate surface area is 183 Å². The molecule has 0 aromatic heterocycles. The first-order chi connectivity index (χ1) is 15.3. The van der Waals surface area contributed by atoms with Gasteiger partial charge in [0.1, 0.15) is 6.61 Å². The van der Waals surface area contributed by atoms with Crippen LogP contribution in [0.3, 0.4) is 0 Å². The van der Waals surface area contributed by atoms with Gasteiger partial charge in [-0.2, -0.15) is 0 Å². The van der Waals surface area contributed by atoms with Gasteiger partial charge in [-0.25, -0.2) is 4.79 Å². The lowest BCUT2D eigenvalue weighted by atomic mass is 9.98. The van der Waals surface area contributed by atoms with Crippen molar-refractivity contribution in [1.29, 1.82) is 0 Å². The van der Waals surface area contributed by atoms with Gasteiger partial charge >= 0.3 is 6.09 Å². The molecule has 1 amide bonds. The van der Waals surface area contributed by atoms with Gasteiger partial charge in [0, 0.05) is 18.2 Å². The summed E-state index contributed by atoms with van der Waals surface area (Å²) in [6.45, 7) is 5.28. The van der Waals surface area contributed by atoms with E-state index in [1.54, 1.807) is 0 Å². The number of carbonyl (C=O) groups excluding carboxylic acids is 1. The quantitative estimate of drug-likeness (QED) is 0.320. The predicted octanol–water partition coefficient (Wildman–Crippen LogP) is 6.53. The molecule has 4 nitrogen and oxygen atoms in total. The molecule has 31 heavy (non-hydrogen) atoms. The molecule has 0 radical (unpaired) electrons. The van der Waals surface area contributed by atoms with E-state index in [2.05, 4.69) is 36.2 Å². The van der Waals surface area contributed by atoms with E-state index in [1.165, 1.54) is 22.3 Å². The molecule has 0 bridgehead atoms. The molecule has 0 fully saturated rings. The van der Waals surface area contributed by atoms with Gasteiger partial charge in [0.2, 0.25) is 0 Å². The molecule has 3 aromatic carbocycles. The molecule has 0 unspecified atom stereocenters. The molecule has 0 spiro atoms. The summed E-state index contributed by atoms with van der Waals surface area (Å²) < 4.78 is 11.2. The van der Waals surface area contributed by atoms with Gasteiger partial charge in [0.05, 0.1) is 6.61 Å². The summed E-state index contributed by atoms with van der Waals surface area (Å²) in [5, 5.41) is 2.81. The normalized spacial score (nSPS) is 12.1. The lowest BCUT2D eigenvalue weighted by molar-refractivity contribution is 0.119. The van der Waals surface area contributed by atoms with Crippen molar-refractivity contribution in [2.75, 3.05) is 18.5 Å². The number of hydrogen-bond donors (Lipinski definition) is 1. The number of amides is 1. The topological polar surface area (TPSA) is 47.6 Å². The number of anilines is 1. The molecular weight excluding hydrogens is 386 g/mol. The van der Waals surface area contributed by atoms with Crippen LogP contribution in [-0.2, 0) is 16.1 Å². The standard InChI is InChI=1S/C27H27NO3/c1-2-3-8-17-30-18-20-13-15-21(16-14-20)28-27(29)31-19-26-24-11-6-4-9-22(24)23-10-5-7-12-25(23)26/h2,4-7,9-16,26H,1,3,8,17-19H2,(H,28,29). The van der Waals surface area contributed by atoms with Crippen molar-refractivity contribution in [3.63, 3.8) is 0 Å². The Bertz CT molecular complexity index is 997. The molecule has 0 saturated carbocycles. The smallest absolute Gasteiger partial charge is 0.411 e. The number of fused-ring (bicyclic) bond motifs is 3. The zero-order valence-electron chi connectivity index (χ0n) is 17.6. The van der Waals surface area contributed by atoms with E-state index in [4.69, 9.17) is 9.47 Å². The fourth-order valence-electron chi connectivity index (χ4n) is 3.96. The lowest BCUT2D eigenvalue weighted by Crippen LogP contribution is -2.17. The second-order valence-electron chi connectivity index (χ2n) is 7.63. The Hall–Kier alpha value is -3.37. The first-order valence-corrected chi connectivity index (χ1v) is 10.7. The summed E-state index contributed by atoms with van der Waals surface area (Å²) in [7, 11) is 0. The van der Waals surface area contributed by atoms with Crippen molar-refractivity contribution in [2.24, 2.45) is 0 Å². The van der Waals surface area contributed by atoms with Gasteiger partial charge in [-0.3, -0.25) is 5.32 Å². The van der Waals surface area contributed by atoms with Crippen molar-refractivity contribution in [1.82, 2.24) is 0 Å². The Balaban J connectivity index is 1.30. The number of rotatable bonds is 9. The van der Waals surface area contributed by atoms with E-state index in [0.717, 1.165) is 18.4 Å². The molecule has 1 aliphatic carbocycles. The summed E-state index contributed by atoms with van der Waals surface area (Å²) in [5.41, 5.74) is 6.61. The second-order valence-corrected chi connectivity index (χ2v) is 7.63. The summed E-state index contributed by atoms with van der Waals surface area (Å²) in [4.78, 5) is 12.4. The predicted molar refractivity (Wildman–Crippen MR) is 124 cm³/mol. The Morgan fingerprint density at radius 2 is 1.58 bits per heavy atom. The summed E-state index contributed by atoms with van der Waals surface area (Å²) in [6, 6.07) is 24.2. The average molecular weight is 414 g/mol. The molecule has 3 aromatic rings. The van der Waals surface area contributed by atoms with Crippen molar-refractivity contribution in [2.45, 2.75) is 25.4 Å². The molecule has 0 heterocycles. The number of unbranched alkanes of at least 4 members (excludes halogenated alkanes) is 1. The summed E-state index contributed by atoms with van der Waals surface area (Å²) in [5.74, 6) is 0.0544. The highest BCUT2D eigenvalue weighted by Gasteiger charge is 2.28. The monoisotopic (exact) mass is 413 g/mol. The number of ether oxygens (including phenoxy) is 2. The van der Waals surface area contributed by atoms with Crippen LogP contribution in [0.25, 0.3) is 11.1 Å². The van der Waals surface area contributed by atoms with Crippen LogP contribution >= 0.6 is 0 Å². The van der Waals surface area contributed by atoms with Gasteiger partial charge in [-0.15, -0.1) is 6.58 Å². The van der Waals surface area contributed by atoms with Crippen LogP contribution in [0.15, 0.2) is 85.5 Å². The number of nitrogens with one attached hydrogen (secondary N) is 1. The SMILES string of the molecule is C=CCCCOCc1ccc(NC(=O)OCC2c3ccccc3-c3ccccc32)cc1. The van der Waals surface area contributed by atoms with Crippen LogP contribution in [0.2, 0.25) is 0 Å². The highest BCUT2D eigenvalue weighted by molar-refractivity contribution is 5.85. The Morgan fingerprint density at radius 1 is 0.935 bits per heavy atom. The third-order valence-corrected chi connectivity index (χ3v) is 5.51. The minimum absolute atomic E-state index is 0.0544. The fraction of sp³-hybridized carbons (Fsp3) is 0.222. The molecule has 4 heteroatoms. The van der Waals surface area contributed by atoms with Crippen molar-refractivity contribution >= 4 is 11.8 Å². The maximum atomic E-state index is 12.4. The largest absolute Gasteiger partial charge is 0.448 e. The van der Waals surface area contributed by atoms with E-state index in [0.29, 0.717) is 25.5 Å². The molecule has 0 aliphatic heterocycles. The highest BCUT2D eigenvalue weighted by Crippen LogP contribution is 2.44. The van der Waals surface area contributed by atoms with Crippen molar-refractivity contribution < 1.29 is 14.3 Å². The first-order valence-electron chi connectivity index (χ1n) is 10.7. The molecule has 0 saturated heterocycles. The maximum absolute atomic E-state index is 12.4. The molecule has 1 aliphatic rings. The zero-order valence-corrected chi connectivity index (χ0v) is 17.6. The second kappa shape index (κ2) is 10.1. The van der Waals surface area contributed by atoms with Crippen LogP contribution in [0.1, 0.15) is 35.4 Å². The number of carbonyl (C=O) groups is 1. The first kappa shape index (κ1) is 20.9. The van der Waals surface area contributed by atoms with Gasteiger partial charge in [0.15, 0.2) is 0 Å². The van der Waals surface area contributed by atoms with Crippen molar-refractivity contribution in [3.05, 3.63) is 102 Å². The summed E-state index contributed by atoms with van der Waals surface area (Å²) in [6.07, 6.45) is 3.39. The van der Waals surface area contributed by atoms with E-state index < -0.39 is 6.09 Å². The van der Waals surface area contributed by atoms with Gasteiger partial charge in [-0.05, 0) is 52.8 Å². The molecule has 158 valence electrons. The van der Waals surface area contributed by atoms with Gasteiger partial charge in [0.25, 0.3) is 0 Å². The van der Waals surface area contributed by atoms with E-state index >= 15 is 0 Å². The number of hydrogen-bond acceptors (Lipinski definition) is 3. The van der Waals surface area contributed by atoms with Crippen LogP contribution in [0.5, 0.6) is 0 Å². The van der Waals surface area contributed by atoms with Gasteiger partial charge in [-0.1, -0.05) is 66.7 Å². The van der Waals surface area contributed by atoms with E-state index in [1.807, 2.05) is 54.6 Å². The fourth-order valence-corrected chi connectivity index (χ4v) is 3.96. The Morgan fingerprint density at radius 3 is 2.23 bits per heavy atom. The maximum Gasteiger partial charge on any atom is 0.411 e. The lowest BCUT2D eigenvalue weighted by Gasteiger charge is -2.14. The van der Waals surface area contributed by atoms with E-state index in [-0.39, 0.29) is 5.92 Å². The molecule has 4 rings (SSSR count). The Kier molecular flexibility index (Phi) is 6.80. The average Bonchev–Trinajstić information content (AvgIpc) is 3.12. The molecular formula is C27H27NO3. The third-order valence-electron chi connectivity index (χ3n) is 5.51. The highest BCUT2D eigenvalue weighted by atomic mass is 16.5. The van der Waals surface area contributed by atoms with E-state index in [9.17, 15) is 4.79 Å². The molecule has 0 atom stereocenters. The van der Waals surface area contributed by atoms with Crippen LogP contribution in [-0.4, -0.2) is 19.3 Å². The number of benzene rings is 3. The third kappa shape index (κ3) is 5.04. The summed E-state index contributed by atoms with van der Waals surface area (Å²) >= 11 is 0. The zero-order chi connectivity index (χ0) is 21.5. The molecule has 1 N–H and O–H groups in total.